The van der Waals surface area contributed by atoms with E-state index in [9.17, 15) is 4.39 Å². The molecule has 3 aromatic rings. The molecule has 96 valence electrons. The maximum atomic E-state index is 13.9. The number of rotatable bonds is 4. The highest BCUT2D eigenvalue weighted by Gasteiger charge is 2.06. The highest BCUT2D eigenvalue weighted by atomic mass is 19.1. The average Bonchev–Trinajstić information content (AvgIpc) is 3.10. The van der Waals surface area contributed by atoms with E-state index in [1.807, 2.05) is 12.1 Å². The zero-order chi connectivity index (χ0) is 13.1. The molecule has 0 fully saturated rings. The normalized spacial score (nSPS) is 10.6. The zero-order valence-corrected chi connectivity index (χ0v) is 9.95. The van der Waals surface area contributed by atoms with Gasteiger partial charge in [0, 0.05) is 5.69 Å². The van der Waals surface area contributed by atoms with Gasteiger partial charge in [-0.25, -0.2) is 14.1 Å². The summed E-state index contributed by atoms with van der Waals surface area (Å²) in [6.07, 6.45) is 4.42. The van der Waals surface area contributed by atoms with E-state index in [4.69, 9.17) is 4.42 Å². The van der Waals surface area contributed by atoms with Gasteiger partial charge >= 0.3 is 0 Å². The van der Waals surface area contributed by atoms with Gasteiger partial charge in [0.1, 0.15) is 24.1 Å². The van der Waals surface area contributed by atoms with E-state index in [0.29, 0.717) is 17.9 Å². The Kier molecular flexibility index (Phi) is 2.97. The van der Waals surface area contributed by atoms with Gasteiger partial charge in [0.25, 0.3) is 0 Å². The Balaban J connectivity index is 1.76. The monoisotopic (exact) mass is 258 g/mol. The van der Waals surface area contributed by atoms with Gasteiger partial charge in [-0.1, -0.05) is 0 Å². The summed E-state index contributed by atoms with van der Waals surface area (Å²) >= 11 is 0. The zero-order valence-electron chi connectivity index (χ0n) is 9.95. The molecule has 0 saturated carbocycles. The summed E-state index contributed by atoms with van der Waals surface area (Å²) in [7, 11) is 0. The first-order valence-corrected chi connectivity index (χ1v) is 5.74. The lowest BCUT2D eigenvalue weighted by atomic mass is 10.2. The van der Waals surface area contributed by atoms with Gasteiger partial charge < -0.3 is 9.73 Å². The molecule has 0 saturated heterocycles. The van der Waals surface area contributed by atoms with E-state index in [1.54, 1.807) is 18.4 Å². The first kappa shape index (κ1) is 11.5. The summed E-state index contributed by atoms with van der Waals surface area (Å²) in [6, 6.07) is 8.51. The number of halogens is 1. The van der Waals surface area contributed by atoms with Gasteiger partial charge in [0.05, 0.1) is 12.8 Å². The number of nitrogens with zero attached hydrogens (tertiary/aromatic N) is 3. The number of anilines is 1. The Morgan fingerprint density at radius 1 is 1.32 bits per heavy atom. The van der Waals surface area contributed by atoms with Crippen molar-refractivity contribution >= 4 is 5.69 Å². The molecule has 0 unspecified atom stereocenters. The van der Waals surface area contributed by atoms with E-state index in [2.05, 4.69) is 15.4 Å². The molecule has 0 spiro atoms. The second-order valence-electron chi connectivity index (χ2n) is 3.94. The minimum Gasteiger partial charge on any atom is -0.467 e. The molecule has 3 rings (SSSR count). The number of aromatic nitrogens is 3. The van der Waals surface area contributed by atoms with Crippen LogP contribution in [0.25, 0.3) is 5.69 Å². The Labute approximate surface area is 108 Å². The van der Waals surface area contributed by atoms with E-state index < -0.39 is 0 Å². The molecule has 0 amide bonds. The molecule has 2 aromatic heterocycles. The quantitative estimate of drug-likeness (QED) is 0.781. The molecule has 0 bridgehead atoms. The van der Waals surface area contributed by atoms with E-state index in [-0.39, 0.29) is 5.82 Å². The van der Waals surface area contributed by atoms with Crippen LogP contribution in [-0.2, 0) is 6.54 Å². The van der Waals surface area contributed by atoms with Crippen LogP contribution in [0.3, 0.4) is 0 Å². The van der Waals surface area contributed by atoms with Crippen LogP contribution in [0, 0.1) is 5.82 Å². The highest BCUT2D eigenvalue weighted by Crippen LogP contribution is 2.18. The minimum absolute atomic E-state index is 0.362. The summed E-state index contributed by atoms with van der Waals surface area (Å²) in [5.41, 5.74) is 1.04. The van der Waals surface area contributed by atoms with Crippen molar-refractivity contribution in [1.29, 1.82) is 0 Å². The Hall–Kier alpha value is -2.63. The summed E-state index contributed by atoms with van der Waals surface area (Å²) in [4.78, 5) is 3.79. The van der Waals surface area contributed by atoms with Gasteiger partial charge in [-0.3, -0.25) is 0 Å². The average molecular weight is 258 g/mol. The lowest BCUT2D eigenvalue weighted by Gasteiger charge is -2.07. The predicted octanol–water partition coefficient (Wildman–Crippen LogP) is 2.61. The van der Waals surface area contributed by atoms with Gasteiger partial charge in [-0.2, -0.15) is 5.10 Å². The fourth-order valence-corrected chi connectivity index (χ4v) is 1.74. The van der Waals surface area contributed by atoms with E-state index in [0.717, 1.165) is 5.76 Å². The first-order valence-electron chi connectivity index (χ1n) is 5.74. The lowest BCUT2D eigenvalue weighted by Crippen LogP contribution is -2.02. The number of benzene rings is 1. The van der Waals surface area contributed by atoms with Gasteiger partial charge in [0.2, 0.25) is 0 Å². The van der Waals surface area contributed by atoms with Crippen LogP contribution in [0.2, 0.25) is 0 Å². The second kappa shape index (κ2) is 4.93. The van der Waals surface area contributed by atoms with Crippen molar-refractivity contribution in [2.75, 3.05) is 5.32 Å². The van der Waals surface area contributed by atoms with Crippen molar-refractivity contribution in [2.24, 2.45) is 0 Å². The predicted molar refractivity (Wildman–Crippen MR) is 67.4 cm³/mol. The molecule has 6 heteroatoms. The maximum absolute atomic E-state index is 13.9. The molecule has 19 heavy (non-hydrogen) atoms. The number of hydrogen-bond acceptors (Lipinski definition) is 4. The van der Waals surface area contributed by atoms with Crippen molar-refractivity contribution in [3.63, 3.8) is 0 Å². The first-order chi connectivity index (χ1) is 9.33. The molecule has 1 N–H and O–H groups in total. The molecule has 5 nitrogen and oxygen atoms in total. The third-order valence-electron chi connectivity index (χ3n) is 2.66. The molecule has 0 atom stereocenters. The smallest absolute Gasteiger partial charge is 0.150 e. The Morgan fingerprint density at radius 3 is 2.95 bits per heavy atom. The second-order valence-corrected chi connectivity index (χ2v) is 3.94. The topological polar surface area (TPSA) is 55.9 Å². The lowest BCUT2D eigenvalue weighted by molar-refractivity contribution is 0.518. The Bertz CT molecular complexity index is 649. The molecule has 0 radical (unpaired) electrons. The number of furan rings is 1. The van der Waals surface area contributed by atoms with Gasteiger partial charge in [0.15, 0.2) is 5.82 Å². The van der Waals surface area contributed by atoms with E-state index in [1.165, 1.54) is 23.4 Å². The highest BCUT2D eigenvalue weighted by molar-refractivity contribution is 5.49. The fraction of sp³-hybridized carbons (Fsp3) is 0.0769. The van der Waals surface area contributed by atoms with Crippen molar-refractivity contribution in [1.82, 2.24) is 14.8 Å². The van der Waals surface area contributed by atoms with Crippen LogP contribution in [0.15, 0.2) is 53.7 Å². The molecular weight excluding hydrogens is 247 g/mol. The third-order valence-corrected chi connectivity index (χ3v) is 2.66. The molecule has 1 aromatic carbocycles. The summed E-state index contributed by atoms with van der Waals surface area (Å²) < 4.78 is 20.5. The van der Waals surface area contributed by atoms with Crippen molar-refractivity contribution in [2.45, 2.75) is 6.54 Å². The van der Waals surface area contributed by atoms with Crippen molar-refractivity contribution < 1.29 is 8.81 Å². The van der Waals surface area contributed by atoms with Crippen molar-refractivity contribution in [3.8, 4) is 5.69 Å². The van der Waals surface area contributed by atoms with Crippen LogP contribution in [0.1, 0.15) is 5.76 Å². The molecule has 2 heterocycles. The third kappa shape index (κ3) is 2.47. The van der Waals surface area contributed by atoms with Crippen LogP contribution in [0.4, 0.5) is 10.1 Å². The molecule has 0 aliphatic rings. The standard InChI is InChI=1S/C13H11FN4O/c14-12-6-10(16-7-11-2-1-5-19-11)3-4-13(12)18-9-15-8-17-18/h1-6,8-9,16H,7H2. The van der Waals surface area contributed by atoms with Gasteiger partial charge in [-0.15, -0.1) is 0 Å². The SMILES string of the molecule is Fc1cc(NCc2ccco2)ccc1-n1cncn1. The van der Waals surface area contributed by atoms with Gasteiger partial charge in [-0.05, 0) is 30.3 Å². The molecule has 0 aliphatic carbocycles. The van der Waals surface area contributed by atoms with Crippen LogP contribution >= 0.6 is 0 Å². The molecular formula is C13H11FN4O. The van der Waals surface area contributed by atoms with Crippen molar-refractivity contribution in [3.05, 3.63) is 60.8 Å². The van der Waals surface area contributed by atoms with Crippen LogP contribution in [-0.4, -0.2) is 14.8 Å². The Morgan fingerprint density at radius 2 is 2.26 bits per heavy atom. The van der Waals surface area contributed by atoms with E-state index >= 15 is 0 Å². The fourth-order valence-electron chi connectivity index (χ4n) is 1.74. The number of nitrogens with one attached hydrogen (secondary N) is 1. The van der Waals surface area contributed by atoms with Crippen LogP contribution in [0.5, 0.6) is 0 Å². The largest absolute Gasteiger partial charge is 0.467 e. The summed E-state index contributed by atoms with van der Waals surface area (Å²) in [6.45, 7) is 0.509. The molecule has 0 aliphatic heterocycles. The number of hydrogen-bond donors (Lipinski definition) is 1. The minimum atomic E-state index is -0.366. The maximum Gasteiger partial charge on any atom is 0.150 e. The van der Waals surface area contributed by atoms with Crippen LogP contribution < -0.4 is 5.32 Å². The summed E-state index contributed by atoms with van der Waals surface area (Å²) in [5, 5.41) is 6.98. The summed E-state index contributed by atoms with van der Waals surface area (Å²) in [5.74, 6) is 0.427.